The summed E-state index contributed by atoms with van der Waals surface area (Å²) in [7, 11) is 0. The molecule has 5 rings (SSSR count). The van der Waals surface area contributed by atoms with Crippen LogP contribution >= 0.6 is 0 Å². The van der Waals surface area contributed by atoms with Gasteiger partial charge in [-0.2, -0.15) is 5.10 Å². The third kappa shape index (κ3) is 3.99. The fourth-order valence-corrected chi connectivity index (χ4v) is 4.08. The molecule has 158 valence electrons. The summed E-state index contributed by atoms with van der Waals surface area (Å²) in [6.45, 7) is 0.704. The Balaban J connectivity index is 1.39. The molecule has 6 N–H and O–H groups in total. The summed E-state index contributed by atoms with van der Waals surface area (Å²) in [5.41, 5.74) is 15.5. The minimum Gasteiger partial charge on any atom is -0.366 e. The van der Waals surface area contributed by atoms with Crippen molar-refractivity contribution in [3.05, 3.63) is 66.1 Å². The molecule has 4 aromatic rings. The standard InChI is InChI=1S/C23H26N8/c24-16-9-11-23(25,12-10-16)22-27-14-17-20(30-31-21(17)29-22)18-7-4-8-19(28-18)26-13-15-5-2-1-3-6-15/h1-8,14,16H,9-13,24-25H2,(H,26,28)(H,27,29,30,31). The highest BCUT2D eigenvalue weighted by atomic mass is 15.2. The molecule has 0 amide bonds. The lowest BCUT2D eigenvalue weighted by molar-refractivity contribution is 0.265. The monoisotopic (exact) mass is 414 g/mol. The number of fused-ring (bicyclic) bond motifs is 1. The van der Waals surface area contributed by atoms with Gasteiger partial charge >= 0.3 is 0 Å². The van der Waals surface area contributed by atoms with Crippen molar-refractivity contribution in [2.75, 3.05) is 5.32 Å². The second-order valence-electron chi connectivity index (χ2n) is 8.27. The van der Waals surface area contributed by atoms with Crippen molar-refractivity contribution in [2.45, 2.75) is 43.8 Å². The summed E-state index contributed by atoms with van der Waals surface area (Å²) in [5, 5.41) is 11.7. The van der Waals surface area contributed by atoms with Crippen LogP contribution in [0.2, 0.25) is 0 Å². The highest BCUT2D eigenvalue weighted by molar-refractivity contribution is 5.89. The van der Waals surface area contributed by atoms with E-state index in [1.54, 1.807) is 6.20 Å². The molecule has 8 nitrogen and oxygen atoms in total. The Morgan fingerprint density at radius 3 is 2.65 bits per heavy atom. The van der Waals surface area contributed by atoms with Gasteiger partial charge in [-0.05, 0) is 43.4 Å². The molecule has 1 aliphatic carbocycles. The van der Waals surface area contributed by atoms with Gasteiger partial charge in [0.25, 0.3) is 0 Å². The van der Waals surface area contributed by atoms with Gasteiger partial charge in [0.05, 0.1) is 22.3 Å². The van der Waals surface area contributed by atoms with Gasteiger partial charge in [-0.25, -0.2) is 15.0 Å². The molecule has 0 saturated heterocycles. The topological polar surface area (TPSA) is 131 Å². The number of nitrogens with two attached hydrogens (primary N) is 2. The number of hydrogen-bond acceptors (Lipinski definition) is 7. The van der Waals surface area contributed by atoms with E-state index in [1.165, 1.54) is 5.56 Å². The van der Waals surface area contributed by atoms with Crippen LogP contribution in [0.5, 0.6) is 0 Å². The highest BCUT2D eigenvalue weighted by Crippen LogP contribution is 2.33. The predicted octanol–water partition coefficient (Wildman–Crippen LogP) is 3.08. The van der Waals surface area contributed by atoms with E-state index in [9.17, 15) is 0 Å². The van der Waals surface area contributed by atoms with Crippen LogP contribution < -0.4 is 16.8 Å². The number of anilines is 1. The van der Waals surface area contributed by atoms with Crippen molar-refractivity contribution < 1.29 is 0 Å². The van der Waals surface area contributed by atoms with Crippen molar-refractivity contribution in [1.29, 1.82) is 0 Å². The summed E-state index contributed by atoms with van der Waals surface area (Å²) >= 11 is 0. The molecule has 3 aromatic heterocycles. The van der Waals surface area contributed by atoms with Gasteiger partial charge in [-0.15, -0.1) is 0 Å². The number of benzene rings is 1. The Hall–Kier alpha value is -3.36. The molecular weight excluding hydrogens is 388 g/mol. The van der Waals surface area contributed by atoms with Crippen LogP contribution in [0.1, 0.15) is 37.1 Å². The molecule has 8 heteroatoms. The van der Waals surface area contributed by atoms with Crippen LogP contribution in [-0.4, -0.2) is 31.2 Å². The summed E-state index contributed by atoms with van der Waals surface area (Å²) in [6, 6.07) is 16.3. The Kier molecular flexibility index (Phi) is 5.09. The van der Waals surface area contributed by atoms with Gasteiger partial charge in [-0.3, -0.25) is 5.10 Å². The fraction of sp³-hybridized carbons (Fsp3) is 0.304. The third-order valence-electron chi connectivity index (χ3n) is 6.00. The number of pyridine rings is 1. The average Bonchev–Trinajstić information content (AvgIpc) is 3.24. The van der Waals surface area contributed by atoms with Crippen molar-refractivity contribution >= 4 is 16.9 Å². The smallest absolute Gasteiger partial charge is 0.184 e. The van der Waals surface area contributed by atoms with E-state index in [2.05, 4.69) is 37.6 Å². The lowest BCUT2D eigenvalue weighted by Gasteiger charge is -2.34. The number of rotatable bonds is 5. The molecule has 31 heavy (non-hydrogen) atoms. The Bertz CT molecular complexity index is 1180. The Labute approximate surface area is 180 Å². The summed E-state index contributed by atoms with van der Waals surface area (Å²) in [5.74, 6) is 1.43. The third-order valence-corrected chi connectivity index (χ3v) is 6.00. The average molecular weight is 415 g/mol. The zero-order valence-electron chi connectivity index (χ0n) is 17.3. The van der Waals surface area contributed by atoms with Crippen LogP contribution in [0.3, 0.4) is 0 Å². The molecule has 1 saturated carbocycles. The fourth-order valence-electron chi connectivity index (χ4n) is 4.08. The first kappa shape index (κ1) is 19.6. The molecule has 0 atom stereocenters. The lowest BCUT2D eigenvalue weighted by Crippen LogP contribution is -2.44. The maximum atomic E-state index is 6.61. The predicted molar refractivity (Wildman–Crippen MR) is 121 cm³/mol. The lowest BCUT2D eigenvalue weighted by atomic mass is 9.80. The van der Waals surface area contributed by atoms with Gasteiger partial charge in [0.2, 0.25) is 0 Å². The Morgan fingerprint density at radius 1 is 1.03 bits per heavy atom. The zero-order valence-corrected chi connectivity index (χ0v) is 17.3. The second-order valence-corrected chi connectivity index (χ2v) is 8.27. The summed E-state index contributed by atoms with van der Waals surface area (Å²) < 4.78 is 0. The molecule has 0 spiro atoms. The quantitative estimate of drug-likeness (QED) is 0.394. The second kappa shape index (κ2) is 8.05. The van der Waals surface area contributed by atoms with Gasteiger partial charge in [0.1, 0.15) is 5.82 Å². The van der Waals surface area contributed by atoms with Crippen molar-refractivity contribution in [1.82, 2.24) is 25.1 Å². The highest BCUT2D eigenvalue weighted by Gasteiger charge is 2.35. The van der Waals surface area contributed by atoms with Crippen molar-refractivity contribution in [3.63, 3.8) is 0 Å². The maximum Gasteiger partial charge on any atom is 0.184 e. The van der Waals surface area contributed by atoms with E-state index in [1.807, 2.05) is 36.4 Å². The molecule has 0 aliphatic heterocycles. The number of hydrogen-bond donors (Lipinski definition) is 4. The van der Waals surface area contributed by atoms with Crippen molar-refractivity contribution in [3.8, 4) is 11.4 Å². The van der Waals surface area contributed by atoms with Crippen molar-refractivity contribution in [2.24, 2.45) is 11.5 Å². The van der Waals surface area contributed by atoms with E-state index >= 15 is 0 Å². The van der Waals surface area contributed by atoms with E-state index < -0.39 is 5.54 Å². The largest absolute Gasteiger partial charge is 0.366 e. The van der Waals surface area contributed by atoms with E-state index in [0.29, 0.717) is 18.0 Å². The minimum atomic E-state index is -0.539. The number of nitrogens with zero attached hydrogens (tertiary/aromatic N) is 4. The molecule has 0 radical (unpaired) electrons. The number of aromatic amines is 1. The molecule has 1 aromatic carbocycles. The van der Waals surface area contributed by atoms with Crippen LogP contribution in [-0.2, 0) is 12.1 Å². The molecule has 1 aliphatic rings. The SMILES string of the molecule is NC1CCC(N)(c2ncc3c(-c4cccc(NCc5ccccc5)n4)[nH]nc3n2)CC1. The van der Waals surface area contributed by atoms with Gasteiger partial charge in [-0.1, -0.05) is 36.4 Å². The summed E-state index contributed by atoms with van der Waals surface area (Å²) in [4.78, 5) is 14.0. The van der Waals surface area contributed by atoms with E-state index in [0.717, 1.165) is 48.3 Å². The van der Waals surface area contributed by atoms with Crippen LogP contribution in [0, 0.1) is 0 Å². The number of H-pyrrole nitrogens is 1. The molecule has 1 fully saturated rings. The number of aromatic nitrogens is 5. The van der Waals surface area contributed by atoms with Gasteiger partial charge in [0, 0.05) is 18.8 Å². The number of nitrogens with one attached hydrogen (secondary N) is 2. The Morgan fingerprint density at radius 2 is 1.84 bits per heavy atom. The molecule has 0 unspecified atom stereocenters. The first-order valence-corrected chi connectivity index (χ1v) is 10.6. The summed E-state index contributed by atoms with van der Waals surface area (Å²) in [6.07, 6.45) is 5.14. The minimum absolute atomic E-state index is 0.214. The first-order chi connectivity index (χ1) is 15.1. The van der Waals surface area contributed by atoms with E-state index in [-0.39, 0.29) is 6.04 Å². The molecular formula is C23H26N8. The maximum absolute atomic E-state index is 6.61. The van der Waals surface area contributed by atoms with Gasteiger partial charge in [0.15, 0.2) is 11.5 Å². The van der Waals surface area contributed by atoms with Crippen LogP contribution in [0.15, 0.2) is 54.7 Å². The zero-order chi connectivity index (χ0) is 21.3. The first-order valence-electron chi connectivity index (χ1n) is 10.6. The van der Waals surface area contributed by atoms with E-state index in [4.69, 9.17) is 16.5 Å². The van der Waals surface area contributed by atoms with Crippen LogP contribution in [0.4, 0.5) is 5.82 Å². The normalized spacial score (nSPS) is 21.3. The van der Waals surface area contributed by atoms with Gasteiger partial charge < -0.3 is 16.8 Å². The molecule has 0 bridgehead atoms. The molecule has 3 heterocycles. The van der Waals surface area contributed by atoms with Crippen LogP contribution in [0.25, 0.3) is 22.4 Å².